The Morgan fingerprint density at radius 3 is 2.35 bits per heavy atom. The average Bonchev–Trinajstić information content (AvgIpc) is 2.76. The minimum Gasteiger partial charge on any atom is -0.487 e. The Balaban J connectivity index is 1.46. The van der Waals surface area contributed by atoms with Gasteiger partial charge >= 0.3 is 0 Å². The summed E-state index contributed by atoms with van der Waals surface area (Å²) in [5.74, 6) is 2.90. The van der Waals surface area contributed by atoms with Gasteiger partial charge in [0.1, 0.15) is 18.8 Å². The summed E-state index contributed by atoms with van der Waals surface area (Å²) in [7, 11) is 0. The topological polar surface area (TPSA) is 50.7 Å². The van der Waals surface area contributed by atoms with Gasteiger partial charge < -0.3 is 19.9 Å². The molecule has 1 heterocycles. The van der Waals surface area contributed by atoms with Crippen molar-refractivity contribution in [1.82, 2.24) is 5.32 Å². The zero-order chi connectivity index (χ0) is 16.1. The molecular formula is C19H29NO3. The van der Waals surface area contributed by atoms with Crippen LogP contribution in [-0.2, 0) is 0 Å². The van der Waals surface area contributed by atoms with Crippen molar-refractivity contribution >= 4 is 0 Å². The predicted molar refractivity (Wildman–Crippen MR) is 91.0 cm³/mol. The number of benzene rings is 1. The minimum atomic E-state index is -0.981. The van der Waals surface area contributed by atoms with E-state index in [4.69, 9.17) is 9.47 Å². The van der Waals surface area contributed by atoms with Gasteiger partial charge in [-0.3, -0.25) is 0 Å². The average molecular weight is 319 g/mol. The summed E-state index contributed by atoms with van der Waals surface area (Å²) < 4.78 is 11.4. The molecule has 128 valence electrons. The van der Waals surface area contributed by atoms with E-state index in [9.17, 15) is 5.11 Å². The quantitative estimate of drug-likeness (QED) is 0.876. The number of fused-ring (bicyclic) bond motifs is 1. The SMILES string of the molecule is CC(CNCC1(O)COc2ccccc2OC1)C1CCCCC1. The Kier molecular flexibility index (Phi) is 5.44. The second kappa shape index (κ2) is 7.54. The molecule has 1 aromatic carbocycles. The summed E-state index contributed by atoms with van der Waals surface area (Å²) in [4.78, 5) is 0. The number of aliphatic hydroxyl groups is 1. The van der Waals surface area contributed by atoms with Crippen molar-refractivity contribution < 1.29 is 14.6 Å². The van der Waals surface area contributed by atoms with E-state index in [2.05, 4.69) is 12.2 Å². The first-order valence-corrected chi connectivity index (χ1v) is 8.94. The molecule has 1 aliphatic carbocycles. The summed E-state index contributed by atoms with van der Waals surface area (Å²) in [5, 5.41) is 14.2. The van der Waals surface area contributed by atoms with E-state index in [-0.39, 0.29) is 13.2 Å². The Labute approximate surface area is 139 Å². The summed E-state index contributed by atoms with van der Waals surface area (Å²) in [5.41, 5.74) is -0.981. The van der Waals surface area contributed by atoms with Gasteiger partial charge in [-0.15, -0.1) is 0 Å². The second-order valence-corrected chi connectivity index (χ2v) is 7.25. The molecule has 0 spiro atoms. The molecule has 1 atom stereocenters. The lowest BCUT2D eigenvalue weighted by atomic mass is 9.81. The van der Waals surface area contributed by atoms with Crippen molar-refractivity contribution in [3.63, 3.8) is 0 Å². The molecule has 0 amide bonds. The standard InChI is InChI=1S/C19H29NO3/c1-15(16-7-3-2-4-8-16)11-20-12-19(21)13-22-17-9-5-6-10-18(17)23-14-19/h5-6,9-10,15-16,20-21H,2-4,7-8,11-14H2,1H3. The zero-order valence-corrected chi connectivity index (χ0v) is 14.1. The van der Waals surface area contributed by atoms with Crippen LogP contribution in [0.3, 0.4) is 0 Å². The number of ether oxygens (including phenoxy) is 2. The van der Waals surface area contributed by atoms with Gasteiger partial charge in [-0.05, 0) is 30.5 Å². The molecule has 1 aromatic rings. The molecule has 1 saturated carbocycles. The first-order chi connectivity index (χ1) is 11.2. The van der Waals surface area contributed by atoms with Gasteiger partial charge in [0.2, 0.25) is 0 Å². The van der Waals surface area contributed by atoms with Crippen LogP contribution in [0.1, 0.15) is 39.0 Å². The maximum atomic E-state index is 10.7. The van der Waals surface area contributed by atoms with Crippen LogP contribution in [0.4, 0.5) is 0 Å². The van der Waals surface area contributed by atoms with Crippen LogP contribution in [0.25, 0.3) is 0 Å². The highest BCUT2D eigenvalue weighted by molar-refractivity contribution is 5.40. The van der Waals surface area contributed by atoms with Crippen LogP contribution in [0.5, 0.6) is 11.5 Å². The Morgan fingerprint density at radius 1 is 1.13 bits per heavy atom. The lowest BCUT2D eigenvalue weighted by Crippen LogP contribution is -2.50. The monoisotopic (exact) mass is 319 g/mol. The van der Waals surface area contributed by atoms with E-state index in [1.807, 2.05) is 24.3 Å². The molecule has 4 heteroatoms. The van der Waals surface area contributed by atoms with Crippen LogP contribution in [-0.4, -0.2) is 37.0 Å². The van der Waals surface area contributed by atoms with Crippen LogP contribution >= 0.6 is 0 Å². The molecule has 2 N–H and O–H groups in total. The molecule has 0 saturated heterocycles. The van der Waals surface area contributed by atoms with E-state index < -0.39 is 5.60 Å². The van der Waals surface area contributed by atoms with Crippen LogP contribution in [0.2, 0.25) is 0 Å². The highest BCUT2D eigenvalue weighted by Crippen LogP contribution is 2.31. The number of para-hydroxylation sites is 2. The van der Waals surface area contributed by atoms with Gasteiger partial charge in [0.25, 0.3) is 0 Å². The summed E-state index contributed by atoms with van der Waals surface area (Å²) >= 11 is 0. The normalized spacial score (nSPS) is 22.3. The minimum absolute atomic E-state index is 0.259. The van der Waals surface area contributed by atoms with Gasteiger partial charge in [-0.2, -0.15) is 0 Å². The smallest absolute Gasteiger partial charge is 0.161 e. The molecule has 4 nitrogen and oxygen atoms in total. The molecule has 23 heavy (non-hydrogen) atoms. The second-order valence-electron chi connectivity index (χ2n) is 7.25. The van der Waals surface area contributed by atoms with E-state index in [0.29, 0.717) is 24.0 Å². The molecule has 1 fully saturated rings. The third-order valence-electron chi connectivity index (χ3n) is 5.22. The Bertz CT molecular complexity index is 472. The summed E-state index contributed by atoms with van der Waals surface area (Å²) in [6.07, 6.45) is 6.85. The Morgan fingerprint density at radius 2 is 1.74 bits per heavy atom. The highest BCUT2D eigenvalue weighted by Gasteiger charge is 2.32. The van der Waals surface area contributed by atoms with Crippen molar-refractivity contribution in [3.8, 4) is 11.5 Å². The molecule has 1 aliphatic heterocycles. The maximum Gasteiger partial charge on any atom is 0.161 e. The first kappa shape index (κ1) is 16.6. The number of rotatable bonds is 5. The van der Waals surface area contributed by atoms with E-state index in [1.54, 1.807) is 0 Å². The molecule has 0 radical (unpaired) electrons. The highest BCUT2D eigenvalue weighted by atomic mass is 16.6. The van der Waals surface area contributed by atoms with E-state index >= 15 is 0 Å². The third kappa shape index (κ3) is 4.39. The van der Waals surface area contributed by atoms with Crippen LogP contribution in [0.15, 0.2) is 24.3 Å². The number of nitrogens with one attached hydrogen (secondary N) is 1. The van der Waals surface area contributed by atoms with Gasteiger partial charge in [0, 0.05) is 6.54 Å². The van der Waals surface area contributed by atoms with Gasteiger partial charge in [-0.1, -0.05) is 51.2 Å². The van der Waals surface area contributed by atoms with Crippen molar-refractivity contribution in [1.29, 1.82) is 0 Å². The fraction of sp³-hybridized carbons (Fsp3) is 0.684. The zero-order valence-electron chi connectivity index (χ0n) is 14.1. The summed E-state index contributed by atoms with van der Waals surface area (Å²) in [6.45, 7) is 4.28. The summed E-state index contributed by atoms with van der Waals surface area (Å²) in [6, 6.07) is 7.58. The molecule has 1 unspecified atom stereocenters. The molecule has 2 aliphatic rings. The largest absolute Gasteiger partial charge is 0.487 e. The first-order valence-electron chi connectivity index (χ1n) is 8.94. The lowest BCUT2D eigenvalue weighted by Gasteiger charge is -2.30. The van der Waals surface area contributed by atoms with Crippen LogP contribution < -0.4 is 14.8 Å². The van der Waals surface area contributed by atoms with E-state index in [0.717, 1.165) is 12.5 Å². The van der Waals surface area contributed by atoms with Gasteiger partial charge in [0.15, 0.2) is 11.5 Å². The van der Waals surface area contributed by atoms with Crippen molar-refractivity contribution in [2.45, 2.75) is 44.6 Å². The number of hydrogen-bond acceptors (Lipinski definition) is 4. The number of hydrogen-bond donors (Lipinski definition) is 2. The third-order valence-corrected chi connectivity index (χ3v) is 5.22. The van der Waals surface area contributed by atoms with Crippen molar-refractivity contribution in [3.05, 3.63) is 24.3 Å². The van der Waals surface area contributed by atoms with Gasteiger partial charge in [0.05, 0.1) is 0 Å². The molecular weight excluding hydrogens is 290 g/mol. The van der Waals surface area contributed by atoms with Gasteiger partial charge in [-0.25, -0.2) is 0 Å². The Hall–Kier alpha value is -1.26. The fourth-order valence-electron chi connectivity index (χ4n) is 3.66. The lowest BCUT2D eigenvalue weighted by molar-refractivity contribution is -0.0273. The molecule has 0 bridgehead atoms. The van der Waals surface area contributed by atoms with E-state index in [1.165, 1.54) is 32.1 Å². The predicted octanol–water partition coefficient (Wildman–Crippen LogP) is 2.99. The van der Waals surface area contributed by atoms with Crippen molar-refractivity contribution in [2.24, 2.45) is 11.8 Å². The fourth-order valence-corrected chi connectivity index (χ4v) is 3.66. The van der Waals surface area contributed by atoms with Crippen molar-refractivity contribution in [2.75, 3.05) is 26.3 Å². The van der Waals surface area contributed by atoms with Crippen LogP contribution in [0, 0.1) is 11.8 Å². The molecule has 3 rings (SSSR count). The molecule has 0 aromatic heterocycles. The maximum absolute atomic E-state index is 10.7.